The SMILES string of the molecule is CCCCNC(=O)[C@H](C)N(c1ccc(C)c(C)c1)S(C)(=O)=O. The van der Waals surface area contributed by atoms with E-state index in [2.05, 4.69) is 5.32 Å². The van der Waals surface area contributed by atoms with Crippen molar-refractivity contribution in [1.29, 1.82) is 0 Å². The highest BCUT2D eigenvalue weighted by Crippen LogP contribution is 2.23. The van der Waals surface area contributed by atoms with E-state index < -0.39 is 16.1 Å². The Morgan fingerprint density at radius 1 is 1.27 bits per heavy atom. The van der Waals surface area contributed by atoms with Crippen LogP contribution in [0, 0.1) is 13.8 Å². The zero-order chi connectivity index (χ0) is 16.9. The molecule has 5 nitrogen and oxygen atoms in total. The summed E-state index contributed by atoms with van der Waals surface area (Å²) in [7, 11) is -3.55. The number of hydrogen-bond acceptors (Lipinski definition) is 3. The minimum Gasteiger partial charge on any atom is -0.354 e. The third-order valence-electron chi connectivity index (χ3n) is 3.66. The number of nitrogens with one attached hydrogen (secondary N) is 1. The minimum atomic E-state index is -3.55. The molecular formula is C16H26N2O3S. The second kappa shape index (κ2) is 7.63. The Hall–Kier alpha value is -1.56. The number of benzene rings is 1. The van der Waals surface area contributed by atoms with Crippen molar-refractivity contribution in [2.75, 3.05) is 17.1 Å². The highest BCUT2D eigenvalue weighted by atomic mass is 32.2. The van der Waals surface area contributed by atoms with Gasteiger partial charge in [0.05, 0.1) is 11.9 Å². The first-order chi connectivity index (χ1) is 10.2. The van der Waals surface area contributed by atoms with Gasteiger partial charge in [0.2, 0.25) is 15.9 Å². The quantitative estimate of drug-likeness (QED) is 0.782. The van der Waals surface area contributed by atoms with Crippen molar-refractivity contribution in [2.45, 2.75) is 46.6 Å². The Balaban J connectivity index is 3.08. The van der Waals surface area contributed by atoms with Crippen LogP contribution in [0.15, 0.2) is 18.2 Å². The summed E-state index contributed by atoms with van der Waals surface area (Å²) in [5.41, 5.74) is 2.59. The maximum absolute atomic E-state index is 12.2. The monoisotopic (exact) mass is 326 g/mol. The normalized spacial score (nSPS) is 12.8. The van der Waals surface area contributed by atoms with E-state index in [0.717, 1.165) is 30.2 Å². The summed E-state index contributed by atoms with van der Waals surface area (Å²) in [4.78, 5) is 12.2. The summed E-state index contributed by atoms with van der Waals surface area (Å²) in [6, 6.07) is 4.62. The van der Waals surface area contributed by atoms with E-state index in [1.807, 2.05) is 26.8 Å². The lowest BCUT2D eigenvalue weighted by atomic mass is 10.1. The molecular weight excluding hydrogens is 300 g/mol. The molecule has 124 valence electrons. The lowest BCUT2D eigenvalue weighted by molar-refractivity contribution is -0.121. The van der Waals surface area contributed by atoms with Gasteiger partial charge in [-0.25, -0.2) is 8.42 Å². The van der Waals surface area contributed by atoms with Gasteiger partial charge in [-0.2, -0.15) is 0 Å². The Bertz CT molecular complexity index is 626. The molecule has 0 unspecified atom stereocenters. The molecule has 0 radical (unpaired) electrons. The Labute approximate surface area is 133 Å². The second-order valence-electron chi connectivity index (χ2n) is 5.65. The maximum atomic E-state index is 12.2. The predicted octanol–water partition coefficient (Wildman–Crippen LogP) is 2.37. The number of carbonyl (C=O) groups excluding carboxylic acids is 1. The van der Waals surface area contributed by atoms with Crippen LogP contribution in [-0.2, 0) is 14.8 Å². The molecule has 0 aliphatic rings. The van der Waals surface area contributed by atoms with Crippen LogP contribution < -0.4 is 9.62 Å². The molecule has 0 bridgehead atoms. The number of amides is 1. The number of rotatable bonds is 7. The van der Waals surface area contributed by atoms with Crippen LogP contribution in [0.2, 0.25) is 0 Å². The zero-order valence-corrected chi connectivity index (χ0v) is 14.8. The second-order valence-corrected chi connectivity index (χ2v) is 7.51. The molecule has 1 amide bonds. The number of anilines is 1. The molecule has 1 N–H and O–H groups in total. The zero-order valence-electron chi connectivity index (χ0n) is 14.0. The van der Waals surface area contributed by atoms with Crippen molar-refractivity contribution in [3.8, 4) is 0 Å². The molecule has 0 aliphatic heterocycles. The molecule has 1 atom stereocenters. The van der Waals surface area contributed by atoms with Crippen LogP contribution >= 0.6 is 0 Å². The van der Waals surface area contributed by atoms with Crippen LogP contribution in [0.1, 0.15) is 37.8 Å². The van der Waals surface area contributed by atoms with Crippen molar-refractivity contribution >= 4 is 21.6 Å². The Morgan fingerprint density at radius 3 is 2.41 bits per heavy atom. The number of carbonyl (C=O) groups is 1. The fraction of sp³-hybridized carbons (Fsp3) is 0.562. The maximum Gasteiger partial charge on any atom is 0.243 e. The largest absolute Gasteiger partial charge is 0.354 e. The summed E-state index contributed by atoms with van der Waals surface area (Å²) < 4.78 is 25.5. The smallest absolute Gasteiger partial charge is 0.243 e. The third kappa shape index (κ3) is 4.73. The summed E-state index contributed by atoms with van der Waals surface area (Å²) in [6.07, 6.45) is 2.97. The van der Waals surface area contributed by atoms with Crippen LogP contribution in [0.3, 0.4) is 0 Å². The van der Waals surface area contributed by atoms with E-state index in [4.69, 9.17) is 0 Å². The highest BCUT2D eigenvalue weighted by molar-refractivity contribution is 7.92. The molecule has 6 heteroatoms. The van der Waals surface area contributed by atoms with Crippen molar-refractivity contribution in [2.24, 2.45) is 0 Å². The van der Waals surface area contributed by atoms with Crippen molar-refractivity contribution in [1.82, 2.24) is 5.32 Å². The number of nitrogens with zero attached hydrogens (tertiary/aromatic N) is 1. The van der Waals surface area contributed by atoms with Gasteiger partial charge in [-0.1, -0.05) is 19.4 Å². The molecule has 0 aliphatic carbocycles. The van der Waals surface area contributed by atoms with E-state index in [0.29, 0.717) is 12.2 Å². The first kappa shape index (κ1) is 18.5. The molecule has 1 rings (SSSR count). The van der Waals surface area contributed by atoms with Gasteiger partial charge in [0.25, 0.3) is 0 Å². The van der Waals surface area contributed by atoms with E-state index in [9.17, 15) is 13.2 Å². The molecule has 1 aromatic carbocycles. The number of sulfonamides is 1. The fourth-order valence-electron chi connectivity index (χ4n) is 2.21. The predicted molar refractivity (Wildman–Crippen MR) is 90.6 cm³/mol. The van der Waals surface area contributed by atoms with Crippen LogP contribution in [0.4, 0.5) is 5.69 Å². The number of aryl methyl sites for hydroxylation is 2. The summed E-state index contributed by atoms with van der Waals surface area (Å²) in [5.74, 6) is -0.280. The van der Waals surface area contributed by atoms with E-state index in [1.165, 1.54) is 4.31 Å². The fourth-order valence-corrected chi connectivity index (χ4v) is 3.37. The molecule has 22 heavy (non-hydrogen) atoms. The van der Waals surface area contributed by atoms with Gasteiger partial charge < -0.3 is 5.32 Å². The summed E-state index contributed by atoms with van der Waals surface area (Å²) in [6.45, 7) is 8.09. The third-order valence-corrected chi connectivity index (χ3v) is 4.90. The molecule has 0 heterocycles. The molecule has 0 spiro atoms. The molecule has 0 aromatic heterocycles. The minimum absolute atomic E-state index is 0.280. The van der Waals surface area contributed by atoms with Crippen molar-refractivity contribution in [3.63, 3.8) is 0 Å². The number of unbranched alkanes of at least 4 members (excludes halogenated alkanes) is 1. The summed E-state index contributed by atoms with van der Waals surface area (Å²) in [5, 5.41) is 2.79. The van der Waals surface area contributed by atoms with Crippen LogP contribution in [-0.4, -0.2) is 33.2 Å². The lowest BCUT2D eigenvalue weighted by Gasteiger charge is -2.28. The van der Waals surface area contributed by atoms with Gasteiger partial charge in [0.15, 0.2) is 0 Å². The van der Waals surface area contributed by atoms with Gasteiger partial charge >= 0.3 is 0 Å². The van der Waals surface area contributed by atoms with Gasteiger partial charge in [-0.05, 0) is 50.5 Å². The highest BCUT2D eigenvalue weighted by Gasteiger charge is 2.28. The molecule has 1 aromatic rings. The van der Waals surface area contributed by atoms with Gasteiger partial charge in [0, 0.05) is 6.54 Å². The first-order valence-corrected chi connectivity index (χ1v) is 9.37. The van der Waals surface area contributed by atoms with Gasteiger partial charge in [0.1, 0.15) is 6.04 Å². The lowest BCUT2D eigenvalue weighted by Crippen LogP contribution is -2.48. The van der Waals surface area contributed by atoms with Gasteiger partial charge in [-0.3, -0.25) is 9.10 Å². The van der Waals surface area contributed by atoms with Crippen molar-refractivity contribution < 1.29 is 13.2 Å². The standard InChI is InChI=1S/C16H26N2O3S/c1-6-7-10-17-16(19)14(4)18(22(5,20)21)15-9-8-12(2)13(3)11-15/h8-9,11,14H,6-7,10H2,1-5H3,(H,17,19)/t14-/m0/s1. The molecule has 0 saturated heterocycles. The first-order valence-electron chi connectivity index (χ1n) is 7.52. The van der Waals surface area contributed by atoms with Gasteiger partial charge in [-0.15, -0.1) is 0 Å². The van der Waals surface area contributed by atoms with E-state index in [-0.39, 0.29) is 5.91 Å². The average molecular weight is 326 g/mol. The van der Waals surface area contributed by atoms with Crippen LogP contribution in [0.25, 0.3) is 0 Å². The van der Waals surface area contributed by atoms with E-state index in [1.54, 1.807) is 19.1 Å². The Morgan fingerprint density at radius 2 is 1.91 bits per heavy atom. The average Bonchev–Trinajstić information content (AvgIpc) is 2.41. The molecule has 0 saturated carbocycles. The van der Waals surface area contributed by atoms with E-state index >= 15 is 0 Å². The van der Waals surface area contributed by atoms with Crippen molar-refractivity contribution in [3.05, 3.63) is 29.3 Å². The molecule has 0 fully saturated rings. The number of hydrogen-bond donors (Lipinski definition) is 1. The van der Waals surface area contributed by atoms with Crippen LogP contribution in [0.5, 0.6) is 0 Å². The topological polar surface area (TPSA) is 66.5 Å². The summed E-state index contributed by atoms with van der Waals surface area (Å²) >= 11 is 0. The Kier molecular flexibility index (Phi) is 6.41.